The van der Waals surface area contributed by atoms with E-state index in [1.807, 2.05) is 6.92 Å². The monoisotopic (exact) mass is 227 g/mol. The molecule has 0 saturated carbocycles. The largest absolute Gasteiger partial charge is 0.432 e. The van der Waals surface area contributed by atoms with Crippen molar-refractivity contribution in [3.63, 3.8) is 0 Å². The predicted molar refractivity (Wildman–Crippen MR) is 57.1 cm³/mol. The SMILES string of the molecule is C=C(C#N)C(=O)OC(CC)OC(CC)OC. The fraction of sp³-hybridized carbons (Fsp3) is 0.636. The Morgan fingerprint density at radius 1 is 1.38 bits per heavy atom. The summed E-state index contributed by atoms with van der Waals surface area (Å²) in [6, 6.07) is 1.62. The molecule has 0 rings (SSSR count). The van der Waals surface area contributed by atoms with Crippen molar-refractivity contribution in [1.29, 1.82) is 5.26 Å². The summed E-state index contributed by atoms with van der Waals surface area (Å²) in [5.41, 5.74) is -0.243. The molecule has 0 aliphatic heterocycles. The van der Waals surface area contributed by atoms with Crippen LogP contribution in [0.25, 0.3) is 0 Å². The zero-order valence-corrected chi connectivity index (χ0v) is 9.86. The number of carbonyl (C=O) groups excluding carboxylic acids is 1. The summed E-state index contributed by atoms with van der Waals surface area (Å²) in [5.74, 6) is -0.764. The third-order valence-corrected chi connectivity index (χ3v) is 1.85. The first-order valence-corrected chi connectivity index (χ1v) is 5.07. The topological polar surface area (TPSA) is 68.6 Å². The minimum atomic E-state index is -0.764. The normalized spacial score (nSPS) is 13.6. The maximum Gasteiger partial charge on any atom is 0.350 e. The Morgan fingerprint density at radius 2 is 1.94 bits per heavy atom. The van der Waals surface area contributed by atoms with Gasteiger partial charge in [0, 0.05) is 13.5 Å². The lowest BCUT2D eigenvalue weighted by molar-refractivity contribution is -0.233. The van der Waals surface area contributed by atoms with E-state index in [1.165, 1.54) is 7.11 Å². The molecule has 0 aromatic heterocycles. The van der Waals surface area contributed by atoms with Gasteiger partial charge in [0.05, 0.1) is 0 Å². The highest BCUT2D eigenvalue weighted by Crippen LogP contribution is 2.10. The van der Waals surface area contributed by atoms with Crippen LogP contribution in [0.5, 0.6) is 0 Å². The van der Waals surface area contributed by atoms with Crippen molar-refractivity contribution in [2.75, 3.05) is 7.11 Å². The first-order valence-electron chi connectivity index (χ1n) is 5.07. The van der Waals surface area contributed by atoms with Crippen LogP contribution in [0.1, 0.15) is 26.7 Å². The number of carbonyl (C=O) groups is 1. The molecule has 0 aromatic rings. The van der Waals surface area contributed by atoms with Gasteiger partial charge in [-0.25, -0.2) is 4.79 Å². The highest BCUT2D eigenvalue weighted by atomic mass is 16.8. The fourth-order valence-electron chi connectivity index (χ4n) is 0.931. The molecule has 5 heteroatoms. The fourth-order valence-corrected chi connectivity index (χ4v) is 0.931. The first kappa shape index (κ1) is 14.6. The molecule has 0 aliphatic rings. The number of nitriles is 1. The number of hydrogen-bond donors (Lipinski definition) is 0. The van der Waals surface area contributed by atoms with Crippen molar-refractivity contribution < 1.29 is 19.0 Å². The second-order valence-electron chi connectivity index (χ2n) is 3.04. The van der Waals surface area contributed by atoms with Crippen LogP contribution < -0.4 is 0 Å². The summed E-state index contributed by atoms with van der Waals surface area (Å²) >= 11 is 0. The molecule has 16 heavy (non-hydrogen) atoms. The van der Waals surface area contributed by atoms with Gasteiger partial charge in [0.25, 0.3) is 0 Å². The summed E-state index contributed by atoms with van der Waals surface area (Å²) in [7, 11) is 1.51. The van der Waals surface area contributed by atoms with Crippen LogP contribution in [-0.4, -0.2) is 25.7 Å². The molecule has 2 unspecified atom stereocenters. The van der Waals surface area contributed by atoms with Crippen molar-refractivity contribution in [2.24, 2.45) is 0 Å². The Labute approximate surface area is 95.6 Å². The molecule has 90 valence electrons. The lowest BCUT2D eigenvalue weighted by atomic mass is 10.3. The molecular weight excluding hydrogens is 210 g/mol. The molecule has 0 saturated heterocycles. The molecule has 0 aromatic carbocycles. The van der Waals surface area contributed by atoms with Crippen LogP contribution in [0, 0.1) is 11.3 Å². The number of rotatable bonds is 7. The van der Waals surface area contributed by atoms with Gasteiger partial charge in [-0.1, -0.05) is 20.4 Å². The molecule has 0 radical (unpaired) electrons. The summed E-state index contributed by atoms with van der Waals surface area (Å²) in [4.78, 5) is 11.2. The van der Waals surface area contributed by atoms with E-state index in [9.17, 15) is 4.79 Å². The van der Waals surface area contributed by atoms with E-state index < -0.39 is 18.5 Å². The Morgan fingerprint density at radius 3 is 2.31 bits per heavy atom. The van der Waals surface area contributed by atoms with E-state index in [0.717, 1.165) is 0 Å². The zero-order valence-electron chi connectivity index (χ0n) is 9.86. The minimum absolute atomic E-state index is 0.243. The van der Waals surface area contributed by atoms with Crippen LogP contribution in [0.2, 0.25) is 0 Å². The van der Waals surface area contributed by atoms with Gasteiger partial charge in [0.2, 0.25) is 6.29 Å². The van der Waals surface area contributed by atoms with Crippen molar-refractivity contribution in [3.8, 4) is 6.07 Å². The molecule has 0 N–H and O–H groups in total. The van der Waals surface area contributed by atoms with Gasteiger partial charge >= 0.3 is 5.97 Å². The summed E-state index contributed by atoms with van der Waals surface area (Å²) in [6.07, 6.45) is -0.0239. The van der Waals surface area contributed by atoms with E-state index in [4.69, 9.17) is 19.5 Å². The Kier molecular flexibility index (Phi) is 7.18. The van der Waals surface area contributed by atoms with Crippen LogP contribution >= 0.6 is 0 Å². The Bertz CT molecular complexity index is 278. The lowest BCUT2D eigenvalue weighted by Crippen LogP contribution is -2.27. The third kappa shape index (κ3) is 4.91. The van der Waals surface area contributed by atoms with Crippen molar-refractivity contribution >= 4 is 5.97 Å². The van der Waals surface area contributed by atoms with Gasteiger partial charge in [0.15, 0.2) is 6.29 Å². The van der Waals surface area contributed by atoms with E-state index in [0.29, 0.717) is 12.8 Å². The second kappa shape index (κ2) is 7.85. The summed E-state index contributed by atoms with van der Waals surface area (Å²) in [6.45, 7) is 6.94. The number of nitrogens with zero attached hydrogens (tertiary/aromatic N) is 1. The third-order valence-electron chi connectivity index (χ3n) is 1.85. The van der Waals surface area contributed by atoms with E-state index >= 15 is 0 Å². The number of hydrogen-bond acceptors (Lipinski definition) is 5. The quantitative estimate of drug-likeness (QED) is 0.287. The van der Waals surface area contributed by atoms with Crippen molar-refractivity contribution in [3.05, 3.63) is 12.2 Å². The van der Waals surface area contributed by atoms with Crippen LogP contribution in [-0.2, 0) is 19.0 Å². The maximum absolute atomic E-state index is 11.2. The van der Waals surface area contributed by atoms with Gasteiger partial charge in [-0.3, -0.25) is 0 Å². The number of ether oxygens (including phenoxy) is 3. The van der Waals surface area contributed by atoms with Gasteiger partial charge in [0.1, 0.15) is 11.6 Å². The second-order valence-corrected chi connectivity index (χ2v) is 3.04. The molecule has 0 amide bonds. The smallest absolute Gasteiger partial charge is 0.350 e. The van der Waals surface area contributed by atoms with E-state index in [-0.39, 0.29) is 5.57 Å². The van der Waals surface area contributed by atoms with E-state index in [1.54, 1.807) is 13.0 Å². The number of esters is 1. The van der Waals surface area contributed by atoms with E-state index in [2.05, 4.69) is 6.58 Å². The molecular formula is C11H17NO4. The molecule has 2 atom stereocenters. The van der Waals surface area contributed by atoms with Crippen molar-refractivity contribution in [1.82, 2.24) is 0 Å². The summed E-state index contributed by atoms with van der Waals surface area (Å²) < 4.78 is 15.3. The highest BCUT2D eigenvalue weighted by Gasteiger charge is 2.18. The van der Waals surface area contributed by atoms with Gasteiger partial charge in [-0.15, -0.1) is 0 Å². The van der Waals surface area contributed by atoms with Crippen LogP contribution in [0.3, 0.4) is 0 Å². The molecule has 0 bridgehead atoms. The average molecular weight is 227 g/mol. The van der Waals surface area contributed by atoms with Crippen LogP contribution in [0.15, 0.2) is 12.2 Å². The zero-order chi connectivity index (χ0) is 12.6. The molecule has 0 fully saturated rings. The van der Waals surface area contributed by atoms with Crippen molar-refractivity contribution in [2.45, 2.75) is 39.3 Å². The maximum atomic E-state index is 11.2. The average Bonchev–Trinajstić information content (AvgIpc) is 2.32. The Hall–Kier alpha value is -1.38. The van der Waals surface area contributed by atoms with Gasteiger partial charge in [-0.2, -0.15) is 5.26 Å². The predicted octanol–water partition coefficient (Wildman–Crippen LogP) is 1.74. The van der Waals surface area contributed by atoms with Gasteiger partial charge < -0.3 is 14.2 Å². The molecule has 0 aliphatic carbocycles. The lowest BCUT2D eigenvalue weighted by Gasteiger charge is -2.21. The molecule has 0 heterocycles. The minimum Gasteiger partial charge on any atom is -0.432 e. The molecule has 5 nitrogen and oxygen atoms in total. The number of methoxy groups -OCH3 is 1. The standard InChI is InChI=1S/C11H17NO4/c1-5-9(14-4)15-10(6-2)16-11(13)8(3)7-12/h9-10H,3,5-6H2,1-2,4H3. The highest BCUT2D eigenvalue weighted by molar-refractivity contribution is 5.91. The summed E-state index contributed by atoms with van der Waals surface area (Å²) in [5, 5.41) is 8.45. The molecule has 0 spiro atoms. The first-order chi connectivity index (χ1) is 7.58. The van der Waals surface area contributed by atoms with Gasteiger partial charge in [-0.05, 0) is 6.42 Å². The van der Waals surface area contributed by atoms with Crippen LogP contribution in [0.4, 0.5) is 0 Å². The Balaban J connectivity index is 4.25.